The third-order valence-corrected chi connectivity index (χ3v) is 1.99. The van der Waals surface area contributed by atoms with Gasteiger partial charge in [-0.2, -0.15) is 0 Å². The molecule has 0 unspecified atom stereocenters. The van der Waals surface area contributed by atoms with E-state index in [1.807, 2.05) is 8.22 Å². The Labute approximate surface area is 51.3 Å². The highest BCUT2D eigenvalue weighted by Crippen LogP contribution is 1.97. The van der Waals surface area contributed by atoms with Crippen LogP contribution in [0.3, 0.4) is 0 Å². The second-order valence-electron chi connectivity index (χ2n) is 1.04. The van der Waals surface area contributed by atoms with Crippen LogP contribution in [0.25, 0.3) is 0 Å². The second kappa shape index (κ2) is 2.20. The van der Waals surface area contributed by atoms with E-state index >= 15 is 0 Å². The zero-order valence-corrected chi connectivity index (χ0v) is 5.68. The van der Waals surface area contributed by atoms with Crippen molar-refractivity contribution in [1.29, 1.82) is 0 Å². The maximum absolute atomic E-state index is 10.3. The number of carbonyl (C=O) groups is 1. The van der Waals surface area contributed by atoms with Crippen molar-refractivity contribution >= 4 is 30.8 Å². The zero-order valence-electron chi connectivity index (χ0n) is 3.52. The maximum atomic E-state index is 10.3. The van der Waals surface area contributed by atoms with Crippen molar-refractivity contribution in [3.05, 3.63) is 10.2 Å². The lowest BCUT2D eigenvalue weighted by Crippen LogP contribution is -2.18. The molecule has 3 heteroatoms. The molecular weight excluding hydrogens is 205 g/mol. The molecule has 1 heterocycles. The van der Waals surface area contributed by atoms with Gasteiger partial charge in [0.15, 0.2) is 0 Å². The minimum absolute atomic E-state index is 0.00551. The van der Waals surface area contributed by atoms with E-state index in [1.165, 1.54) is 0 Å². The number of amides is 1. The molecule has 0 aromatic rings. The van der Waals surface area contributed by atoms with Crippen LogP contribution in [0.5, 0.6) is 0 Å². The Balaban J connectivity index is 2.66. The van der Waals surface area contributed by atoms with Crippen molar-refractivity contribution in [2.75, 3.05) is 0 Å². The number of rotatable bonds is 0. The van der Waals surface area contributed by atoms with Crippen molar-refractivity contribution in [1.82, 2.24) is 5.32 Å². The van der Waals surface area contributed by atoms with Gasteiger partial charge in [0, 0.05) is 10.2 Å². The first-order valence-corrected chi connectivity index (χ1v) is 4.29. The van der Waals surface area contributed by atoms with Crippen molar-refractivity contribution < 1.29 is 4.79 Å². The van der Waals surface area contributed by atoms with Gasteiger partial charge in [0.2, 0.25) is 5.91 Å². The minimum atomic E-state index is 0.00551. The van der Waals surface area contributed by atoms with E-state index in [9.17, 15) is 4.79 Å². The summed E-state index contributed by atoms with van der Waals surface area (Å²) < 4.78 is 3.76. The predicted molar refractivity (Wildman–Crippen MR) is 37.4 cm³/mol. The maximum Gasteiger partial charge on any atom is 0.248 e. The van der Waals surface area contributed by atoms with Crippen molar-refractivity contribution in [2.24, 2.45) is 0 Å². The molecule has 7 heavy (non-hydrogen) atoms. The van der Waals surface area contributed by atoms with Gasteiger partial charge in [0.1, 0.15) is 0 Å². The lowest BCUT2D eigenvalue weighted by molar-refractivity contribution is -0.115. The van der Waals surface area contributed by atoms with Gasteiger partial charge in [-0.05, 0) is 4.08 Å². The summed E-state index contributed by atoms with van der Waals surface area (Å²) >= 11 is 0.0500. The molecule has 0 spiro atoms. The SMILES string of the molecule is O=C1C=CI=CN1. The quantitative estimate of drug-likeness (QED) is 0.573. The van der Waals surface area contributed by atoms with Crippen LogP contribution >= 0.6 is 20.7 Å². The van der Waals surface area contributed by atoms with E-state index in [4.69, 9.17) is 0 Å². The molecule has 0 aromatic heterocycles. The van der Waals surface area contributed by atoms with Crippen LogP contribution < -0.4 is 5.32 Å². The van der Waals surface area contributed by atoms with Crippen LogP contribution in [0.15, 0.2) is 10.2 Å². The fourth-order valence-electron chi connectivity index (χ4n) is 0.263. The molecule has 0 bridgehead atoms. The molecule has 1 N–H and O–H groups in total. The summed E-state index contributed by atoms with van der Waals surface area (Å²) in [4.78, 5) is 10.3. The first kappa shape index (κ1) is 4.96. The predicted octanol–water partition coefficient (Wildman–Crippen LogP) is 0.360. The number of halogens is 1. The minimum Gasteiger partial charge on any atom is -0.324 e. The highest BCUT2D eigenvalue weighted by molar-refractivity contribution is 14.2. The third kappa shape index (κ3) is 1.38. The van der Waals surface area contributed by atoms with Gasteiger partial charge in [-0.15, -0.1) is 0 Å². The molecule has 38 valence electrons. The van der Waals surface area contributed by atoms with Gasteiger partial charge >= 0.3 is 0 Å². The Morgan fingerprint density at radius 1 is 1.71 bits per heavy atom. The van der Waals surface area contributed by atoms with Gasteiger partial charge < -0.3 is 5.32 Å². The molecular formula is C4H4INO. The molecule has 0 fully saturated rings. The number of nitrogens with one attached hydrogen (secondary N) is 1. The molecule has 0 aromatic carbocycles. The van der Waals surface area contributed by atoms with Gasteiger partial charge in [0.25, 0.3) is 0 Å². The van der Waals surface area contributed by atoms with E-state index in [1.54, 1.807) is 6.08 Å². The van der Waals surface area contributed by atoms with Gasteiger partial charge in [-0.25, -0.2) is 0 Å². The van der Waals surface area contributed by atoms with E-state index in [-0.39, 0.29) is 26.6 Å². The third-order valence-electron chi connectivity index (χ3n) is 0.547. The molecule has 0 saturated carbocycles. The van der Waals surface area contributed by atoms with E-state index < -0.39 is 0 Å². The molecule has 1 aliphatic heterocycles. The van der Waals surface area contributed by atoms with Crippen LogP contribution in [0.1, 0.15) is 0 Å². The van der Waals surface area contributed by atoms with Crippen LogP contribution in [0, 0.1) is 0 Å². The molecule has 1 aliphatic rings. The summed E-state index contributed by atoms with van der Waals surface area (Å²) in [7, 11) is 0. The summed E-state index contributed by atoms with van der Waals surface area (Å²) in [5.41, 5.74) is 0. The highest BCUT2D eigenvalue weighted by Gasteiger charge is 1.90. The summed E-state index contributed by atoms with van der Waals surface area (Å²) in [5, 5.41) is 2.58. The Morgan fingerprint density at radius 3 is 2.86 bits per heavy atom. The van der Waals surface area contributed by atoms with Crippen molar-refractivity contribution in [3.63, 3.8) is 0 Å². The van der Waals surface area contributed by atoms with Crippen LogP contribution in [0.4, 0.5) is 0 Å². The molecule has 0 atom stereocenters. The molecule has 0 saturated heterocycles. The molecule has 0 aliphatic carbocycles. The normalized spacial score (nSPS) is 18.0. The Bertz CT molecular complexity index is 139. The Morgan fingerprint density at radius 2 is 2.57 bits per heavy atom. The number of hydrogen-bond acceptors (Lipinski definition) is 1. The topological polar surface area (TPSA) is 29.1 Å². The van der Waals surface area contributed by atoms with Crippen molar-refractivity contribution in [2.45, 2.75) is 0 Å². The first-order valence-electron chi connectivity index (χ1n) is 1.80. The summed E-state index contributed by atoms with van der Waals surface area (Å²) in [6.45, 7) is 0. The summed E-state index contributed by atoms with van der Waals surface area (Å²) in [5.74, 6) is 0.00551. The monoisotopic (exact) mass is 209 g/mol. The first-order chi connectivity index (χ1) is 3.39. The van der Waals surface area contributed by atoms with Crippen LogP contribution in [0.2, 0.25) is 0 Å². The number of hydrogen-bond donors (Lipinski definition) is 1. The number of carbonyl (C=O) groups excluding carboxylic acids is 1. The molecule has 1 rings (SSSR count). The lowest BCUT2D eigenvalue weighted by atomic mass is 10.6. The van der Waals surface area contributed by atoms with Crippen LogP contribution in [-0.4, -0.2) is 10.0 Å². The Kier molecular flexibility index (Phi) is 1.56. The average molecular weight is 209 g/mol. The molecule has 1 amide bonds. The van der Waals surface area contributed by atoms with E-state index in [2.05, 4.69) is 5.32 Å². The van der Waals surface area contributed by atoms with Gasteiger partial charge in [0.05, 0.1) is 0 Å². The average Bonchev–Trinajstić information content (AvgIpc) is 1.69. The van der Waals surface area contributed by atoms with Gasteiger partial charge in [-0.1, -0.05) is 20.7 Å². The fraction of sp³-hybridized carbons (Fsp3) is 0. The highest BCUT2D eigenvalue weighted by atomic mass is 127. The van der Waals surface area contributed by atoms with E-state index in [0.717, 1.165) is 0 Å². The summed E-state index contributed by atoms with van der Waals surface area (Å²) in [6, 6.07) is 0. The lowest BCUT2D eigenvalue weighted by Gasteiger charge is -1.92. The molecule has 0 radical (unpaired) electrons. The Hall–Kier alpha value is -0.190. The smallest absolute Gasteiger partial charge is 0.248 e. The fourth-order valence-corrected chi connectivity index (χ4v) is 1.49. The second-order valence-corrected chi connectivity index (χ2v) is 3.10. The zero-order chi connectivity index (χ0) is 5.11. The summed E-state index contributed by atoms with van der Waals surface area (Å²) in [6.07, 6.45) is 1.58. The van der Waals surface area contributed by atoms with Crippen molar-refractivity contribution in [3.8, 4) is 0 Å². The molecule has 2 nitrogen and oxygen atoms in total. The van der Waals surface area contributed by atoms with Gasteiger partial charge in [-0.3, -0.25) is 4.79 Å². The standard InChI is InChI=1S/C4H4INO/c7-4-1-2-5-3-6-4/h1-3H,(H,6,7). The van der Waals surface area contributed by atoms with Crippen LogP contribution in [-0.2, 0) is 4.79 Å². The van der Waals surface area contributed by atoms with E-state index in [0.29, 0.717) is 0 Å². The largest absolute Gasteiger partial charge is 0.324 e.